The SMILES string of the molecule is COc1ccccc1NC(=O)CN[C@@H](C)c1cccc(Cl)c1. The number of halogens is 1. The summed E-state index contributed by atoms with van der Waals surface area (Å²) in [6.45, 7) is 2.19. The normalized spacial score (nSPS) is 11.8. The molecule has 0 spiro atoms. The van der Waals surface area contributed by atoms with Gasteiger partial charge in [-0.2, -0.15) is 0 Å². The first kappa shape index (κ1) is 16.3. The van der Waals surface area contributed by atoms with Gasteiger partial charge < -0.3 is 15.4 Å². The van der Waals surface area contributed by atoms with E-state index in [2.05, 4.69) is 10.6 Å². The van der Waals surface area contributed by atoms with Gasteiger partial charge in [0, 0.05) is 11.1 Å². The van der Waals surface area contributed by atoms with Crippen molar-refractivity contribution in [2.75, 3.05) is 19.0 Å². The number of nitrogens with one attached hydrogen (secondary N) is 2. The summed E-state index contributed by atoms with van der Waals surface area (Å²) in [4.78, 5) is 12.0. The maximum atomic E-state index is 12.0. The van der Waals surface area contributed by atoms with Crippen LogP contribution in [-0.2, 0) is 4.79 Å². The van der Waals surface area contributed by atoms with Crippen LogP contribution in [0.1, 0.15) is 18.5 Å². The molecular weight excluding hydrogens is 300 g/mol. The molecule has 0 aromatic heterocycles. The molecule has 0 unspecified atom stereocenters. The molecule has 1 amide bonds. The molecule has 0 aliphatic rings. The number of amides is 1. The van der Waals surface area contributed by atoms with Gasteiger partial charge in [-0.05, 0) is 36.8 Å². The Hall–Kier alpha value is -2.04. The van der Waals surface area contributed by atoms with Crippen LogP contribution >= 0.6 is 11.6 Å². The molecule has 1 atom stereocenters. The molecule has 5 heteroatoms. The lowest BCUT2D eigenvalue weighted by Crippen LogP contribution is -2.30. The fourth-order valence-electron chi connectivity index (χ4n) is 2.08. The number of ether oxygens (including phenoxy) is 1. The molecule has 116 valence electrons. The number of methoxy groups -OCH3 is 1. The molecular formula is C17H19ClN2O2. The van der Waals surface area contributed by atoms with Crippen LogP contribution in [0, 0.1) is 0 Å². The number of anilines is 1. The van der Waals surface area contributed by atoms with Crippen LogP contribution in [0.25, 0.3) is 0 Å². The highest BCUT2D eigenvalue weighted by molar-refractivity contribution is 6.30. The van der Waals surface area contributed by atoms with Gasteiger partial charge in [-0.1, -0.05) is 35.9 Å². The van der Waals surface area contributed by atoms with Gasteiger partial charge in [0.25, 0.3) is 0 Å². The number of para-hydroxylation sites is 2. The quantitative estimate of drug-likeness (QED) is 0.855. The highest BCUT2D eigenvalue weighted by Crippen LogP contribution is 2.23. The summed E-state index contributed by atoms with van der Waals surface area (Å²) in [5, 5.41) is 6.68. The molecule has 0 heterocycles. The van der Waals surface area contributed by atoms with E-state index in [9.17, 15) is 4.79 Å². The van der Waals surface area contributed by atoms with E-state index in [1.807, 2.05) is 43.3 Å². The zero-order valence-corrected chi connectivity index (χ0v) is 13.4. The summed E-state index contributed by atoms with van der Waals surface area (Å²) in [7, 11) is 1.57. The Bertz CT molecular complexity index is 646. The Morgan fingerprint density at radius 2 is 2.00 bits per heavy atom. The monoisotopic (exact) mass is 318 g/mol. The summed E-state index contributed by atoms with van der Waals surface area (Å²) in [6.07, 6.45) is 0. The van der Waals surface area contributed by atoms with Gasteiger partial charge in [-0.15, -0.1) is 0 Å². The molecule has 2 aromatic rings. The highest BCUT2D eigenvalue weighted by atomic mass is 35.5. The molecule has 22 heavy (non-hydrogen) atoms. The van der Waals surface area contributed by atoms with E-state index in [-0.39, 0.29) is 18.5 Å². The van der Waals surface area contributed by atoms with E-state index in [1.54, 1.807) is 19.2 Å². The predicted molar refractivity (Wildman–Crippen MR) is 89.5 cm³/mol. The van der Waals surface area contributed by atoms with Crippen LogP contribution in [0.5, 0.6) is 5.75 Å². The van der Waals surface area contributed by atoms with Gasteiger partial charge in [0.1, 0.15) is 5.75 Å². The lowest BCUT2D eigenvalue weighted by molar-refractivity contribution is -0.115. The van der Waals surface area contributed by atoms with E-state index in [4.69, 9.17) is 16.3 Å². The molecule has 0 bridgehead atoms. The van der Waals surface area contributed by atoms with Crippen molar-refractivity contribution in [1.82, 2.24) is 5.32 Å². The van der Waals surface area contributed by atoms with Gasteiger partial charge in [0.05, 0.1) is 19.3 Å². The minimum Gasteiger partial charge on any atom is -0.495 e. The van der Waals surface area contributed by atoms with Crippen LogP contribution in [0.3, 0.4) is 0 Å². The molecule has 2 rings (SSSR count). The largest absolute Gasteiger partial charge is 0.495 e. The Morgan fingerprint density at radius 1 is 1.23 bits per heavy atom. The Labute approximate surface area is 135 Å². The molecule has 0 saturated carbocycles. The average molecular weight is 319 g/mol. The van der Waals surface area contributed by atoms with E-state index >= 15 is 0 Å². The number of carbonyl (C=O) groups excluding carboxylic acids is 1. The minimum absolute atomic E-state index is 0.0297. The first-order chi connectivity index (χ1) is 10.6. The van der Waals surface area contributed by atoms with Gasteiger partial charge in [0.2, 0.25) is 5.91 Å². The first-order valence-electron chi connectivity index (χ1n) is 7.02. The van der Waals surface area contributed by atoms with E-state index in [0.29, 0.717) is 16.5 Å². The standard InChI is InChI=1S/C17H19ClN2O2/c1-12(13-6-5-7-14(18)10-13)19-11-17(21)20-15-8-3-4-9-16(15)22-2/h3-10,12,19H,11H2,1-2H3,(H,20,21)/t12-/m0/s1. The highest BCUT2D eigenvalue weighted by Gasteiger charge is 2.10. The van der Waals surface area contributed by atoms with E-state index in [0.717, 1.165) is 5.56 Å². The zero-order valence-electron chi connectivity index (χ0n) is 12.6. The maximum Gasteiger partial charge on any atom is 0.238 e. The molecule has 0 aliphatic carbocycles. The van der Waals surface area contributed by atoms with Crippen molar-refractivity contribution in [1.29, 1.82) is 0 Å². The molecule has 0 saturated heterocycles. The second-order valence-electron chi connectivity index (χ2n) is 4.91. The van der Waals surface area contributed by atoms with Crippen LogP contribution in [-0.4, -0.2) is 19.6 Å². The molecule has 0 fully saturated rings. The number of hydrogen-bond donors (Lipinski definition) is 2. The van der Waals surface area contributed by atoms with Crippen molar-refractivity contribution < 1.29 is 9.53 Å². The van der Waals surface area contributed by atoms with Crippen molar-refractivity contribution in [2.24, 2.45) is 0 Å². The van der Waals surface area contributed by atoms with Crippen molar-refractivity contribution in [3.63, 3.8) is 0 Å². The summed E-state index contributed by atoms with van der Waals surface area (Å²) in [5.41, 5.74) is 1.70. The van der Waals surface area contributed by atoms with Crippen LogP contribution in [0.4, 0.5) is 5.69 Å². The van der Waals surface area contributed by atoms with Crippen molar-refractivity contribution in [2.45, 2.75) is 13.0 Å². The first-order valence-corrected chi connectivity index (χ1v) is 7.39. The van der Waals surface area contributed by atoms with Crippen LogP contribution in [0.15, 0.2) is 48.5 Å². The van der Waals surface area contributed by atoms with Gasteiger partial charge >= 0.3 is 0 Å². The lowest BCUT2D eigenvalue weighted by Gasteiger charge is -2.15. The topological polar surface area (TPSA) is 50.4 Å². The summed E-state index contributed by atoms with van der Waals surface area (Å²) in [5.74, 6) is 0.511. The second-order valence-corrected chi connectivity index (χ2v) is 5.34. The van der Waals surface area contributed by atoms with E-state index < -0.39 is 0 Å². The Kier molecular flexibility index (Phi) is 5.81. The second kappa shape index (κ2) is 7.82. The van der Waals surface area contributed by atoms with E-state index in [1.165, 1.54) is 0 Å². The Morgan fingerprint density at radius 3 is 2.73 bits per heavy atom. The molecule has 2 N–H and O–H groups in total. The number of hydrogen-bond acceptors (Lipinski definition) is 3. The fourth-order valence-corrected chi connectivity index (χ4v) is 2.28. The Balaban J connectivity index is 1.90. The molecule has 0 radical (unpaired) electrons. The number of benzene rings is 2. The lowest BCUT2D eigenvalue weighted by atomic mass is 10.1. The fraction of sp³-hybridized carbons (Fsp3) is 0.235. The molecule has 2 aromatic carbocycles. The third-order valence-electron chi connectivity index (χ3n) is 3.30. The smallest absolute Gasteiger partial charge is 0.238 e. The van der Waals surface area contributed by atoms with Crippen molar-refractivity contribution >= 4 is 23.2 Å². The summed E-state index contributed by atoms with van der Waals surface area (Å²) in [6, 6.07) is 14.9. The third kappa shape index (κ3) is 4.48. The van der Waals surface area contributed by atoms with Gasteiger partial charge in [-0.3, -0.25) is 4.79 Å². The predicted octanol–water partition coefficient (Wildman–Crippen LogP) is 3.64. The van der Waals surface area contributed by atoms with Gasteiger partial charge in [0.15, 0.2) is 0 Å². The summed E-state index contributed by atoms with van der Waals surface area (Å²) < 4.78 is 5.20. The van der Waals surface area contributed by atoms with Crippen LogP contribution in [0.2, 0.25) is 5.02 Å². The van der Waals surface area contributed by atoms with Gasteiger partial charge in [-0.25, -0.2) is 0 Å². The molecule has 4 nitrogen and oxygen atoms in total. The summed E-state index contributed by atoms with van der Waals surface area (Å²) >= 11 is 5.97. The maximum absolute atomic E-state index is 12.0. The average Bonchev–Trinajstić information content (AvgIpc) is 2.53. The van der Waals surface area contributed by atoms with Crippen molar-refractivity contribution in [3.8, 4) is 5.75 Å². The molecule has 0 aliphatic heterocycles. The minimum atomic E-state index is -0.127. The third-order valence-corrected chi connectivity index (χ3v) is 3.53. The van der Waals surface area contributed by atoms with Crippen molar-refractivity contribution in [3.05, 3.63) is 59.1 Å². The number of carbonyl (C=O) groups is 1. The van der Waals surface area contributed by atoms with Crippen LogP contribution < -0.4 is 15.4 Å². The number of rotatable bonds is 6. The zero-order chi connectivity index (χ0) is 15.9.